The fourth-order valence-corrected chi connectivity index (χ4v) is 5.63. The summed E-state index contributed by atoms with van der Waals surface area (Å²) >= 11 is 0. The molecule has 0 bridgehead atoms. The van der Waals surface area contributed by atoms with Gasteiger partial charge in [0.15, 0.2) is 5.65 Å². The molecule has 184 valence electrons. The van der Waals surface area contributed by atoms with Crippen LogP contribution in [0.1, 0.15) is 51.0 Å². The molecule has 3 saturated heterocycles. The molecule has 1 aliphatic carbocycles. The van der Waals surface area contributed by atoms with Crippen LogP contribution in [0, 0.1) is 5.41 Å². The van der Waals surface area contributed by atoms with Crippen LogP contribution in [0.25, 0.3) is 5.65 Å². The molecule has 4 fully saturated rings. The van der Waals surface area contributed by atoms with Crippen molar-refractivity contribution in [2.75, 3.05) is 50.0 Å². The fourth-order valence-electron chi connectivity index (χ4n) is 5.63. The first-order chi connectivity index (χ1) is 16.5. The zero-order valence-electron chi connectivity index (χ0n) is 20.0. The molecule has 3 N–H and O–H groups in total. The van der Waals surface area contributed by atoms with Gasteiger partial charge in [0.05, 0.1) is 6.20 Å². The van der Waals surface area contributed by atoms with Crippen molar-refractivity contribution in [3.05, 3.63) is 17.8 Å². The molecule has 10 heteroatoms. The Labute approximate surface area is 199 Å². The number of rotatable bonds is 6. The lowest BCUT2D eigenvalue weighted by molar-refractivity contribution is -0.0692. The second-order valence-corrected chi connectivity index (χ2v) is 10.8. The van der Waals surface area contributed by atoms with Crippen molar-refractivity contribution in [1.29, 1.82) is 0 Å². The molecule has 2 aromatic rings. The highest BCUT2D eigenvalue weighted by Gasteiger charge is 2.54. The normalized spacial score (nSPS) is 23.0. The van der Waals surface area contributed by atoms with E-state index in [1.165, 1.54) is 0 Å². The van der Waals surface area contributed by atoms with Crippen molar-refractivity contribution in [2.24, 2.45) is 5.41 Å². The first kappa shape index (κ1) is 21.9. The standard InChI is InChI=1S/C24H35N7O3/c1-15(2)19-12-26-31-21(7-20(29-22(19)31)27-16-3-5-33-6-4-16)28-17-8-24(9-17)13-30(14-24)23(32)34-18-10-25-11-18/h7,12,15-18,25,28H,3-6,8-11,13-14H2,1-2H3,(H,27,29). The lowest BCUT2D eigenvalue weighted by atomic mass is 9.61. The van der Waals surface area contributed by atoms with Crippen LogP contribution in [-0.2, 0) is 9.47 Å². The van der Waals surface area contributed by atoms with Crippen molar-refractivity contribution in [2.45, 2.75) is 63.6 Å². The van der Waals surface area contributed by atoms with E-state index < -0.39 is 0 Å². The predicted octanol–water partition coefficient (Wildman–Crippen LogP) is 2.43. The number of likely N-dealkylation sites (tertiary alicyclic amines) is 1. The van der Waals surface area contributed by atoms with E-state index in [1.54, 1.807) is 0 Å². The molecule has 5 heterocycles. The summed E-state index contributed by atoms with van der Waals surface area (Å²) < 4.78 is 12.9. The Morgan fingerprint density at radius 2 is 1.97 bits per heavy atom. The number of nitrogens with one attached hydrogen (secondary N) is 3. The summed E-state index contributed by atoms with van der Waals surface area (Å²) in [6, 6.07) is 2.83. The number of carbonyl (C=O) groups is 1. The van der Waals surface area contributed by atoms with Gasteiger partial charge in [-0.05, 0) is 31.6 Å². The van der Waals surface area contributed by atoms with E-state index in [2.05, 4.69) is 41.0 Å². The largest absolute Gasteiger partial charge is 0.443 e. The number of hydrogen-bond acceptors (Lipinski definition) is 8. The Balaban J connectivity index is 1.12. The lowest BCUT2D eigenvalue weighted by Gasteiger charge is -2.58. The minimum Gasteiger partial charge on any atom is -0.443 e. The third-order valence-corrected chi connectivity index (χ3v) is 7.73. The number of aromatic nitrogens is 3. The molecule has 0 atom stereocenters. The monoisotopic (exact) mass is 469 g/mol. The minimum absolute atomic E-state index is 0.0442. The van der Waals surface area contributed by atoms with Crippen LogP contribution in [-0.4, -0.2) is 83.2 Å². The second kappa shape index (κ2) is 8.57. The van der Waals surface area contributed by atoms with Crippen molar-refractivity contribution in [3.8, 4) is 0 Å². The SMILES string of the molecule is CC(C)c1cnn2c(NC3CC4(C3)CN(C(=O)OC3CNC3)C4)cc(NC3CCOCC3)nc12. The summed E-state index contributed by atoms with van der Waals surface area (Å²) in [7, 11) is 0. The van der Waals surface area contributed by atoms with Crippen molar-refractivity contribution in [3.63, 3.8) is 0 Å². The van der Waals surface area contributed by atoms with E-state index in [-0.39, 0.29) is 17.6 Å². The van der Waals surface area contributed by atoms with E-state index >= 15 is 0 Å². The summed E-state index contributed by atoms with van der Waals surface area (Å²) in [5, 5.41) is 15.1. The summed E-state index contributed by atoms with van der Waals surface area (Å²) in [4.78, 5) is 19.0. The van der Waals surface area contributed by atoms with E-state index in [1.807, 2.05) is 15.6 Å². The Bertz CT molecular complexity index is 1050. The van der Waals surface area contributed by atoms with Crippen LogP contribution in [0.4, 0.5) is 16.4 Å². The van der Waals surface area contributed by atoms with Gasteiger partial charge in [0.2, 0.25) is 0 Å². The molecule has 0 radical (unpaired) electrons. The van der Waals surface area contributed by atoms with Gasteiger partial charge in [0, 0.05) is 68.5 Å². The molecular weight excluding hydrogens is 434 g/mol. The van der Waals surface area contributed by atoms with Crippen molar-refractivity contribution >= 4 is 23.4 Å². The van der Waals surface area contributed by atoms with E-state index in [0.717, 1.165) is 87.9 Å². The maximum Gasteiger partial charge on any atom is 0.410 e. The number of hydrogen-bond donors (Lipinski definition) is 3. The molecule has 4 aliphatic rings. The number of ether oxygens (including phenoxy) is 2. The molecule has 10 nitrogen and oxygen atoms in total. The Hall–Kier alpha value is -2.59. The third kappa shape index (κ3) is 4.07. The highest BCUT2D eigenvalue weighted by atomic mass is 16.6. The number of nitrogens with zero attached hydrogens (tertiary/aromatic N) is 4. The van der Waals surface area contributed by atoms with Crippen LogP contribution in [0.15, 0.2) is 12.3 Å². The van der Waals surface area contributed by atoms with E-state index in [9.17, 15) is 4.79 Å². The Morgan fingerprint density at radius 1 is 1.21 bits per heavy atom. The zero-order chi connectivity index (χ0) is 23.3. The van der Waals surface area contributed by atoms with Crippen LogP contribution < -0.4 is 16.0 Å². The number of anilines is 2. The Morgan fingerprint density at radius 3 is 2.65 bits per heavy atom. The average molecular weight is 470 g/mol. The molecular formula is C24H35N7O3. The average Bonchev–Trinajstić information content (AvgIpc) is 3.16. The highest BCUT2D eigenvalue weighted by molar-refractivity contribution is 5.69. The smallest absolute Gasteiger partial charge is 0.410 e. The first-order valence-electron chi connectivity index (χ1n) is 12.6. The molecule has 0 unspecified atom stereocenters. The van der Waals surface area contributed by atoms with Crippen molar-refractivity contribution < 1.29 is 14.3 Å². The van der Waals surface area contributed by atoms with Gasteiger partial charge < -0.3 is 30.3 Å². The van der Waals surface area contributed by atoms with Crippen LogP contribution >= 0.6 is 0 Å². The van der Waals surface area contributed by atoms with Crippen LogP contribution in [0.5, 0.6) is 0 Å². The van der Waals surface area contributed by atoms with E-state index in [4.69, 9.17) is 14.5 Å². The maximum atomic E-state index is 12.3. The summed E-state index contributed by atoms with van der Waals surface area (Å²) in [5.41, 5.74) is 2.29. The van der Waals surface area contributed by atoms with Gasteiger partial charge in [-0.1, -0.05) is 13.8 Å². The molecule has 3 aliphatic heterocycles. The number of carbonyl (C=O) groups excluding carboxylic acids is 1. The summed E-state index contributed by atoms with van der Waals surface area (Å²) in [6.07, 6.45) is 5.90. The van der Waals surface area contributed by atoms with Crippen LogP contribution in [0.3, 0.4) is 0 Å². The molecule has 34 heavy (non-hydrogen) atoms. The zero-order valence-corrected chi connectivity index (χ0v) is 20.0. The number of amides is 1. The Kier molecular flexibility index (Phi) is 5.52. The van der Waals surface area contributed by atoms with Crippen LogP contribution in [0.2, 0.25) is 0 Å². The van der Waals surface area contributed by atoms with Gasteiger partial charge in [0.1, 0.15) is 17.7 Å². The van der Waals surface area contributed by atoms with Crippen molar-refractivity contribution in [1.82, 2.24) is 24.8 Å². The quantitative estimate of drug-likeness (QED) is 0.593. The van der Waals surface area contributed by atoms with Gasteiger partial charge in [-0.25, -0.2) is 9.78 Å². The first-order valence-corrected chi connectivity index (χ1v) is 12.6. The topological polar surface area (TPSA) is 105 Å². The third-order valence-electron chi connectivity index (χ3n) is 7.73. The van der Waals surface area contributed by atoms with Gasteiger partial charge >= 0.3 is 6.09 Å². The maximum absolute atomic E-state index is 12.3. The second-order valence-electron chi connectivity index (χ2n) is 10.8. The minimum atomic E-state index is -0.161. The van der Waals surface area contributed by atoms with Gasteiger partial charge in [-0.15, -0.1) is 0 Å². The summed E-state index contributed by atoms with van der Waals surface area (Å²) in [5.74, 6) is 2.21. The lowest BCUT2D eigenvalue weighted by Crippen LogP contribution is -2.67. The van der Waals surface area contributed by atoms with E-state index in [0.29, 0.717) is 18.0 Å². The predicted molar refractivity (Wildman–Crippen MR) is 128 cm³/mol. The van der Waals surface area contributed by atoms with Gasteiger partial charge in [-0.3, -0.25) is 0 Å². The number of fused-ring (bicyclic) bond motifs is 1. The molecule has 0 aromatic carbocycles. The highest BCUT2D eigenvalue weighted by Crippen LogP contribution is 2.49. The molecule has 1 amide bonds. The molecule has 2 aromatic heterocycles. The summed E-state index contributed by atoms with van der Waals surface area (Å²) in [6.45, 7) is 9.08. The van der Waals surface area contributed by atoms with Gasteiger partial charge in [-0.2, -0.15) is 9.61 Å². The fraction of sp³-hybridized carbons (Fsp3) is 0.708. The molecule has 1 spiro atoms. The van der Waals surface area contributed by atoms with Gasteiger partial charge in [0.25, 0.3) is 0 Å². The molecule has 1 saturated carbocycles. The molecule has 6 rings (SSSR count).